The van der Waals surface area contributed by atoms with Crippen molar-refractivity contribution >= 4 is 0 Å². The van der Waals surface area contributed by atoms with Crippen LogP contribution in [0.3, 0.4) is 0 Å². The van der Waals surface area contributed by atoms with E-state index in [2.05, 4.69) is 87.5 Å². The van der Waals surface area contributed by atoms with Gasteiger partial charge in [-0.1, -0.05) is 80.6 Å². The number of rotatable bonds is 0. The SMILES string of the molecule is Cc1cccc2c1-c1ccccc1-c1ccccc1C2(C)C. The molecule has 0 saturated heterocycles. The fourth-order valence-electron chi connectivity index (χ4n) is 3.89. The Hall–Kier alpha value is -2.34. The highest BCUT2D eigenvalue weighted by atomic mass is 14.4. The fourth-order valence-corrected chi connectivity index (χ4v) is 3.89. The van der Waals surface area contributed by atoms with E-state index in [0.717, 1.165) is 0 Å². The van der Waals surface area contributed by atoms with Crippen LogP contribution in [-0.2, 0) is 5.41 Å². The van der Waals surface area contributed by atoms with Crippen molar-refractivity contribution in [2.75, 3.05) is 0 Å². The summed E-state index contributed by atoms with van der Waals surface area (Å²) in [6.07, 6.45) is 0. The third kappa shape index (κ3) is 1.70. The van der Waals surface area contributed by atoms with E-state index in [0.29, 0.717) is 0 Å². The number of hydrogen-bond acceptors (Lipinski definition) is 0. The largest absolute Gasteiger partial charge is 0.0619 e. The molecule has 1 aliphatic carbocycles. The average molecular weight is 284 g/mol. The Bertz CT molecular complexity index is 869. The molecule has 4 rings (SSSR count). The van der Waals surface area contributed by atoms with Gasteiger partial charge in [0, 0.05) is 5.41 Å². The van der Waals surface area contributed by atoms with E-state index in [9.17, 15) is 0 Å². The summed E-state index contributed by atoms with van der Waals surface area (Å²) in [5.74, 6) is 0. The zero-order chi connectivity index (χ0) is 15.3. The minimum atomic E-state index is -0.00301. The van der Waals surface area contributed by atoms with Crippen LogP contribution >= 0.6 is 0 Å². The maximum atomic E-state index is 2.34. The van der Waals surface area contributed by atoms with Gasteiger partial charge in [0.05, 0.1) is 0 Å². The van der Waals surface area contributed by atoms with Crippen LogP contribution in [0.4, 0.5) is 0 Å². The van der Waals surface area contributed by atoms with Crippen molar-refractivity contribution in [3.63, 3.8) is 0 Å². The topological polar surface area (TPSA) is 0 Å². The first kappa shape index (κ1) is 13.3. The second-order valence-corrected chi connectivity index (χ2v) is 6.71. The minimum Gasteiger partial charge on any atom is -0.0619 e. The summed E-state index contributed by atoms with van der Waals surface area (Å²) in [6.45, 7) is 6.91. The summed E-state index contributed by atoms with van der Waals surface area (Å²) in [4.78, 5) is 0. The van der Waals surface area contributed by atoms with Crippen LogP contribution in [0, 0.1) is 6.92 Å². The van der Waals surface area contributed by atoms with E-state index < -0.39 is 0 Å². The van der Waals surface area contributed by atoms with Gasteiger partial charge in [-0.25, -0.2) is 0 Å². The van der Waals surface area contributed by atoms with Gasteiger partial charge in [-0.15, -0.1) is 0 Å². The fraction of sp³-hybridized carbons (Fsp3) is 0.182. The zero-order valence-electron chi connectivity index (χ0n) is 13.4. The molecule has 0 saturated carbocycles. The first-order valence-electron chi connectivity index (χ1n) is 7.90. The Morgan fingerprint density at radius 3 is 1.95 bits per heavy atom. The van der Waals surface area contributed by atoms with Crippen LogP contribution in [-0.4, -0.2) is 0 Å². The third-order valence-corrected chi connectivity index (χ3v) is 5.03. The van der Waals surface area contributed by atoms with Crippen LogP contribution in [0.1, 0.15) is 30.5 Å². The van der Waals surface area contributed by atoms with E-state index in [1.54, 1.807) is 0 Å². The molecule has 0 amide bonds. The quantitative estimate of drug-likeness (QED) is 0.477. The molecular weight excluding hydrogens is 264 g/mol. The lowest BCUT2D eigenvalue weighted by Crippen LogP contribution is -2.20. The molecule has 0 unspecified atom stereocenters. The number of fused-ring (bicyclic) bond motifs is 5. The van der Waals surface area contributed by atoms with E-state index in [4.69, 9.17) is 0 Å². The van der Waals surface area contributed by atoms with Gasteiger partial charge >= 0.3 is 0 Å². The number of aryl methyl sites for hydroxylation is 1. The van der Waals surface area contributed by atoms with Gasteiger partial charge in [-0.2, -0.15) is 0 Å². The lowest BCUT2D eigenvalue weighted by molar-refractivity contribution is 0.646. The van der Waals surface area contributed by atoms with Gasteiger partial charge in [-0.3, -0.25) is 0 Å². The molecule has 0 heteroatoms. The van der Waals surface area contributed by atoms with Gasteiger partial charge in [-0.05, 0) is 45.9 Å². The first-order valence-corrected chi connectivity index (χ1v) is 7.90. The van der Waals surface area contributed by atoms with Crippen LogP contribution in [0.15, 0.2) is 66.7 Å². The van der Waals surface area contributed by atoms with Gasteiger partial charge in [0.25, 0.3) is 0 Å². The minimum absolute atomic E-state index is 0.00301. The Balaban J connectivity index is 2.24. The summed E-state index contributed by atoms with van der Waals surface area (Å²) in [5.41, 5.74) is 9.64. The third-order valence-electron chi connectivity index (χ3n) is 5.03. The van der Waals surface area contributed by atoms with Crippen molar-refractivity contribution in [2.24, 2.45) is 0 Å². The van der Waals surface area contributed by atoms with Gasteiger partial charge in [0.1, 0.15) is 0 Å². The van der Waals surface area contributed by atoms with Crippen LogP contribution in [0.2, 0.25) is 0 Å². The van der Waals surface area contributed by atoms with Crippen molar-refractivity contribution in [1.29, 1.82) is 0 Å². The first-order chi connectivity index (χ1) is 10.6. The van der Waals surface area contributed by atoms with E-state index in [1.165, 1.54) is 38.9 Å². The highest BCUT2D eigenvalue weighted by molar-refractivity contribution is 5.91. The molecule has 0 aromatic heterocycles. The standard InChI is InChI=1S/C22H20/c1-15-9-8-14-20-21(15)18-12-5-4-10-16(18)17-11-6-7-13-19(17)22(20,2)3/h4-14H,1-3H3. The van der Waals surface area contributed by atoms with Crippen LogP contribution in [0.5, 0.6) is 0 Å². The van der Waals surface area contributed by atoms with Crippen molar-refractivity contribution in [1.82, 2.24) is 0 Å². The van der Waals surface area contributed by atoms with E-state index >= 15 is 0 Å². The summed E-state index contributed by atoms with van der Waals surface area (Å²) < 4.78 is 0. The van der Waals surface area contributed by atoms with Crippen molar-refractivity contribution in [2.45, 2.75) is 26.2 Å². The number of hydrogen-bond donors (Lipinski definition) is 0. The van der Waals surface area contributed by atoms with Crippen molar-refractivity contribution in [3.05, 3.63) is 83.4 Å². The molecule has 108 valence electrons. The summed E-state index contributed by atoms with van der Waals surface area (Å²) in [6, 6.07) is 24.4. The molecule has 1 aliphatic rings. The smallest absolute Gasteiger partial charge is 0.0158 e. The predicted octanol–water partition coefficient (Wildman–Crippen LogP) is 5.97. The second-order valence-electron chi connectivity index (χ2n) is 6.71. The summed E-state index contributed by atoms with van der Waals surface area (Å²) in [5, 5.41) is 0. The maximum absolute atomic E-state index is 2.34. The Morgan fingerprint density at radius 2 is 1.18 bits per heavy atom. The maximum Gasteiger partial charge on any atom is 0.0158 e. The van der Waals surface area contributed by atoms with Crippen LogP contribution < -0.4 is 0 Å². The Labute approximate surface area is 132 Å². The Morgan fingerprint density at radius 1 is 0.591 bits per heavy atom. The molecule has 3 aromatic carbocycles. The molecule has 0 radical (unpaired) electrons. The number of benzene rings is 3. The lowest BCUT2D eigenvalue weighted by atomic mass is 9.75. The van der Waals surface area contributed by atoms with Gasteiger partial charge in [0.2, 0.25) is 0 Å². The summed E-state index contributed by atoms with van der Waals surface area (Å²) in [7, 11) is 0. The Kier molecular flexibility index (Phi) is 2.77. The van der Waals surface area contributed by atoms with Gasteiger partial charge in [0.15, 0.2) is 0 Å². The van der Waals surface area contributed by atoms with E-state index in [1.807, 2.05) is 0 Å². The lowest BCUT2D eigenvalue weighted by Gasteiger charge is -2.28. The molecule has 22 heavy (non-hydrogen) atoms. The monoisotopic (exact) mass is 284 g/mol. The predicted molar refractivity (Wildman–Crippen MR) is 94.2 cm³/mol. The summed E-state index contributed by atoms with van der Waals surface area (Å²) >= 11 is 0. The van der Waals surface area contributed by atoms with Crippen molar-refractivity contribution in [3.8, 4) is 22.3 Å². The molecule has 0 bridgehead atoms. The highest BCUT2D eigenvalue weighted by Crippen LogP contribution is 2.49. The molecule has 0 heterocycles. The molecule has 0 spiro atoms. The molecule has 0 aliphatic heterocycles. The molecule has 0 fully saturated rings. The second kappa shape index (κ2) is 4.58. The molecule has 0 N–H and O–H groups in total. The van der Waals surface area contributed by atoms with Crippen molar-refractivity contribution < 1.29 is 0 Å². The molecule has 3 aromatic rings. The average Bonchev–Trinajstić information content (AvgIpc) is 2.62. The van der Waals surface area contributed by atoms with E-state index in [-0.39, 0.29) is 5.41 Å². The highest BCUT2D eigenvalue weighted by Gasteiger charge is 2.33. The molecule has 0 nitrogen and oxygen atoms in total. The molecular formula is C22H20. The zero-order valence-corrected chi connectivity index (χ0v) is 13.4. The van der Waals surface area contributed by atoms with Gasteiger partial charge < -0.3 is 0 Å². The normalized spacial score (nSPS) is 14.5. The molecule has 0 atom stereocenters. The van der Waals surface area contributed by atoms with Crippen LogP contribution in [0.25, 0.3) is 22.3 Å².